The number of rotatable bonds is 7. The van der Waals surface area contributed by atoms with Crippen molar-refractivity contribution in [2.75, 3.05) is 11.9 Å². The number of halogens is 5. The smallest absolute Gasteiger partial charge is 0.366 e. The molecule has 0 spiro atoms. The lowest BCUT2D eigenvalue weighted by Gasteiger charge is -2.16. The fourth-order valence-corrected chi connectivity index (χ4v) is 2.92. The SMILES string of the molecule is N[C@H](CNc1nc(-c2cc(-c3ccon3)n(Cc3ccccc3F)n2)ncc1F)C(F)(F)F. The number of hydrogen-bond donors (Lipinski definition) is 2. The molecule has 3 heterocycles. The number of benzene rings is 1. The molecule has 0 fully saturated rings. The van der Waals surface area contributed by atoms with E-state index in [2.05, 4.69) is 25.5 Å². The number of alkyl halides is 3. The van der Waals surface area contributed by atoms with E-state index in [1.807, 2.05) is 0 Å². The molecule has 4 rings (SSSR count). The van der Waals surface area contributed by atoms with Gasteiger partial charge in [-0.05, 0) is 12.1 Å². The molecule has 0 aliphatic carbocycles. The van der Waals surface area contributed by atoms with Gasteiger partial charge in [0.05, 0.1) is 18.4 Å². The van der Waals surface area contributed by atoms with Crippen LogP contribution in [0.3, 0.4) is 0 Å². The summed E-state index contributed by atoms with van der Waals surface area (Å²) in [6, 6.07) is 7.00. The van der Waals surface area contributed by atoms with Crippen LogP contribution in [0, 0.1) is 11.6 Å². The second kappa shape index (κ2) is 8.94. The summed E-state index contributed by atoms with van der Waals surface area (Å²) in [7, 11) is 0. The van der Waals surface area contributed by atoms with Crippen LogP contribution in [-0.2, 0) is 6.54 Å². The van der Waals surface area contributed by atoms with Crippen molar-refractivity contribution in [3.05, 3.63) is 66.1 Å². The van der Waals surface area contributed by atoms with Gasteiger partial charge in [-0.2, -0.15) is 18.3 Å². The molecular formula is C20H16F5N7O. The molecule has 1 aromatic carbocycles. The number of nitrogens with zero attached hydrogens (tertiary/aromatic N) is 5. The van der Waals surface area contributed by atoms with E-state index in [1.165, 1.54) is 23.1 Å². The van der Waals surface area contributed by atoms with Crippen LogP contribution < -0.4 is 11.1 Å². The lowest BCUT2D eigenvalue weighted by atomic mass is 10.2. The van der Waals surface area contributed by atoms with Gasteiger partial charge in [0, 0.05) is 18.2 Å². The van der Waals surface area contributed by atoms with Gasteiger partial charge in [-0.1, -0.05) is 23.4 Å². The summed E-state index contributed by atoms with van der Waals surface area (Å²) in [4.78, 5) is 7.82. The van der Waals surface area contributed by atoms with Gasteiger partial charge in [0.15, 0.2) is 17.5 Å². The molecule has 0 radical (unpaired) electrons. The molecule has 0 saturated heterocycles. The molecule has 0 amide bonds. The van der Waals surface area contributed by atoms with Crippen molar-refractivity contribution < 1.29 is 26.5 Å². The molecule has 0 unspecified atom stereocenters. The molecular weight excluding hydrogens is 449 g/mol. The van der Waals surface area contributed by atoms with Crippen LogP contribution >= 0.6 is 0 Å². The second-order valence-electron chi connectivity index (χ2n) is 6.97. The van der Waals surface area contributed by atoms with E-state index < -0.39 is 36.2 Å². The van der Waals surface area contributed by atoms with E-state index in [-0.39, 0.29) is 18.1 Å². The van der Waals surface area contributed by atoms with Crippen molar-refractivity contribution in [3.63, 3.8) is 0 Å². The Bertz CT molecular complexity index is 1240. The Morgan fingerprint density at radius 2 is 1.88 bits per heavy atom. The molecule has 33 heavy (non-hydrogen) atoms. The van der Waals surface area contributed by atoms with Crippen LogP contribution in [0.1, 0.15) is 5.56 Å². The predicted molar refractivity (Wildman–Crippen MR) is 107 cm³/mol. The van der Waals surface area contributed by atoms with E-state index in [0.717, 1.165) is 6.20 Å². The minimum absolute atomic E-state index is 0.0294. The Morgan fingerprint density at radius 3 is 2.58 bits per heavy atom. The summed E-state index contributed by atoms with van der Waals surface area (Å²) in [6.45, 7) is -0.760. The van der Waals surface area contributed by atoms with Gasteiger partial charge in [-0.25, -0.2) is 18.7 Å². The third kappa shape index (κ3) is 4.98. The molecule has 13 heteroatoms. The van der Waals surface area contributed by atoms with Crippen LogP contribution in [0.25, 0.3) is 22.9 Å². The first-order valence-electron chi connectivity index (χ1n) is 9.53. The van der Waals surface area contributed by atoms with Crippen LogP contribution in [-0.4, -0.2) is 43.7 Å². The lowest BCUT2D eigenvalue weighted by Crippen LogP contribution is -2.43. The highest BCUT2D eigenvalue weighted by Crippen LogP contribution is 2.26. The van der Waals surface area contributed by atoms with E-state index in [1.54, 1.807) is 24.3 Å². The number of nitrogens with one attached hydrogen (secondary N) is 1. The Balaban J connectivity index is 1.67. The number of hydrogen-bond acceptors (Lipinski definition) is 7. The van der Waals surface area contributed by atoms with Crippen molar-refractivity contribution in [2.24, 2.45) is 5.73 Å². The third-order valence-electron chi connectivity index (χ3n) is 4.64. The molecule has 0 bridgehead atoms. The van der Waals surface area contributed by atoms with Crippen molar-refractivity contribution in [3.8, 4) is 22.9 Å². The van der Waals surface area contributed by atoms with E-state index in [4.69, 9.17) is 10.3 Å². The maximum Gasteiger partial charge on any atom is 0.405 e. The zero-order chi connectivity index (χ0) is 23.6. The maximum absolute atomic E-state index is 14.2. The zero-order valence-corrected chi connectivity index (χ0v) is 16.7. The Morgan fingerprint density at radius 1 is 1.09 bits per heavy atom. The van der Waals surface area contributed by atoms with Gasteiger partial charge >= 0.3 is 6.18 Å². The number of anilines is 1. The quantitative estimate of drug-likeness (QED) is 0.402. The largest absolute Gasteiger partial charge is 0.405 e. The van der Waals surface area contributed by atoms with Crippen molar-refractivity contribution in [1.29, 1.82) is 0 Å². The molecule has 3 N–H and O–H groups in total. The normalized spacial score (nSPS) is 12.7. The maximum atomic E-state index is 14.2. The van der Waals surface area contributed by atoms with Gasteiger partial charge in [-0.3, -0.25) is 4.68 Å². The van der Waals surface area contributed by atoms with Crippen molar-refractivity contribution in [2.45, 2.75) is 18.8 Å². The van der Waals surface area contributed by atoms with Gasteiger partial charge in [0.2, 0.25) is 0 Å². The number of nitrogens with two attached hydrogens (primary N) is 1. The molecule has 0 aliphatic rings. The Hall–Kier alpha value is -3.87. The van der Waals surface area contributed by atoms with Crippen molar-refractivity contribution in [1.82, 2.24) is 24.9 Å². The standard InChI is InChI=1S/C20H16F5N7O/c21-12-4-2-1-3-11(12)10-32-16(14-5-6-33-31-14)7-15(30-32)19-27-8-13(22)18(29-19)28-9-17(26)20(23,24)25/h1-8,17H,9-10,26H2,(H,27,28,29)/t17-/m1/s1. The second-order valence-corrected chi connectivity index (χ2v) is 6.97. The number of aromatic nitrogens is 5. The zero-order valence-electron chi connectivity index (χ0n) is 16.7. The summed E-state index contributed by atoms with van der Waals surface area (Å²) in [5.74, 6) is -1.94. The average Bonchev–Trinajstić information content (AvgIpc) is 3.44. The fraction of sp³-hybridized carbons (Fsp3) is 0.200. The summed E-state index contributed by atoms with van der Waals surface area (Å²) >= 11 is 0. The first-order chi connectivity index (χ1) is 15.7. The summed E-state index contributed by atoms with van der Waals surface area (Å²) in [5, 5.41) is 10.5. The van der Waals surface area contributed by atoms with E-state index in [9.17, 15) is 22.0 Å². The lowest BCUT2D eigenvalue weighted by molar-refractivity contribution is -0.144. The monoisotopic (exact) mass is 465 g/mol. The molecule has 3 aromatic heterocycles. The van der Waals surface area contributed by atoms with Gasteiger partial charge in [0.1, 0.15) is 29.5 Å². The van der Waals surface area contributed by atoms with Gasteiger partial charge in [0.25, 0.3) is 0 Å². The molecule has 0 saturated carbocycles. The molecule has 172 valence electrons. The molecule has 1 atom stereocenters. The van der Waals surface area contributed by atoms with Crippen LogP contribution in [0.4, 0.5) is 27.8 Å². The molecule has 0 aliphatic heterocycles. The Kier molecular flexibility index (Phi) is 6.05. The predicted octanol–water partition coefficient (Wildman–Crippen LogP) is 3.62. The van der Waals surface area contributed by atoms with Gasteiger partial charge in [-0.15, -0.1) is 0 Å². The topological polar surface area (TPSA) is 108 Å². The third-order valence-corrected chi connectivity index (χ3v) is 4.64. The van der Waals surface area contributed by atoms with Crippen LogP contribution in [0.15, 0.2) is 53.4 Å². The summed E-state index contributed by atoms with van der Waals surface area (Å²) < 4.78 is 72.5. The highest BCUT2D eigenvalue weighted by molar-refractivity contribution is 5.63. The average molecular weight is 465 g/mol. The highest BCUT2D eigenvalue weighted by Gasteiger charge is 2.36. The molecule has 4 aromatic rings. The van der Waals surface area contributed by atoms with E-state index >= 15 is 0 Å². The first kappa shape index (κ1) is 22.3. The Labute approximate surface area is 183 Å². The highest BCUT2D eigenvalue weighted by atomic mass is 19.4. The van der Waals surface area contributed by atoms with Crippen LogP contribution in [0.2, 0.25) is 0 Å². The van der Waals surface area contributed by atoms with Crippen LogP contribution in [0.5, 0.6) is 0 Å². The minimum atomic E-state index is -4.66. The fourth-order valence-electron chi connectivity index (χ4n) is 2.92. The first-order valence-corrected chi connectivity index (χ1v) is 9.53. The summed E-state index contributed by atoms with van der Waals surface area (Å²) in [5.41, 5.74) is 6.38. The van der Waals surface area contributed by atoms with E-state index in [0.29, 0.717) is 17.0 Å². The summed E-state index contributed by atoms with van der Waals surface area (Å²) in [6.07, 6.45) is -2.51. The van der Waals surface area contributed by atoms with Crippen molar-refractivity contribution >= 4 is 5.82 Å². The van der Waals surface area contributed by atoms with Gasteiger partial charge < -0.3 is 15.6 Å². The minimum Gasteiger partial charge on any atom is -0.366 e. The molecule has 8 nitrogen and oxygen atoms in total.